The van der Waals surface area contributed by atoms with E-state index >= 15 is 0 Å². The van der Waals surface area contributed by atoms with Gasteiger partial charge in [0.05, 0.1) is 0 Å². The van der Waals surface area contributed by atoms with E-state index in [2.05, 4.69) is 12.6 Å². The molecule has 0 bridgehead atoms. The maximum atomic E-state index is 11.9. The molecule has 8 rings (SSSR count). The van der Waals surface area contributed by atoms with Crippen LogP contribution in [0.15, 0.2) is 133 Å². The van der Waals surface area contributed by atoms with Gasteiger partial charge in [-0.2, -0.15) is 0 Å². The van der Waals surface area contributed by atoms with Crippen LogP contribution in [0.1, 0.15) is 18.1 Å². The zero-order valence-corrected chi connectivity index (χ0v) is 28.0. The average Bonchev–Trinajstić information content (AvgIpc) is 3.17. The molecular formula is C45H31BO6. The fraction of sp³-hybridized carbons (Fsp3) is 0.0222. The Morgan fingerprint density at radius 2 is 1.02 bits per heavy atom. The summed E-state index contributed by atoms with van der Waals surface area (Å²) in [7, 11) is 6.28. The van der Waals surface area contributed by atoms with Crippen LogP contribution in [0.2, 0.25) is 0 Å². The smallest absolute Gasteiger partial charge is 0.204 e. The quantitative estimate of drug-likeness (QED) is 0.0354. The molecule has 0 aliphatic heterocycles. The zero-order valence-electron chi connectivity index (χ0n) is 28.0. The van der Waals surface area contributed by atoms with Gasteiger partial charge in [0.1, 0.15) is 19.4 Å². The third-order valence-corrected chi connectivity index (χ3v) is 9.84. The first kappa shape index (κ1) is 32.4. The molecule has 0 heterocycles. The van der Waals surface area contributed by atoms with Crippen molar-refractivity contribution in [2.45, 2.75) is 6.92 Å². The molecule has 0 fully saturated rings. The van der Waals surface area contributed by atoms with E-state index in [0.29, 0.717) is 16.5 Å². The minimum atomic E-state index is -0.955. The van der Waals surface area contributed by atoms with Crippen LogP contribution < -0.4 is 0 Å². The highest BCUT2D eigenvalue weighted by molar-refractivity contribution is 6.27. The van der Waals surface area contributed by atoms with Crippen molar-refractivity contribution in [1.82, 2.24) is 0 Å². The van der Waals surface area contributed by atoms with E-state index in [1.807, 2.05) is 103 Å². The normalized spacial score (nSPS) is 12.1. The van der Waals surface area contributed by atoms with Crippen molar-refractivity contribution >= 4 is 62.5 Å². The van der Waals surface area contributed by atoms with Crippen LogP contribution in [-0.2, 0) is 0 Å². The largest absolute Gasteiger partial charge is 0.508 e. The van der Waals surface area contributed by atoms with E-state index in [1.54, 1.807) is 12.1 Å². The van der Waals surface area contributed by atoms with Crippen LogP contribution in [0.4, 0.5) is 0 Å². The Labute approximate surface area is 300 Å². The second-order valence-corrected chi connectivity index (χ2v) is 13.0. The molecule has 0 saturated heterocycles. The van der Waals surface area contributed by atoms with Gasteiger partial charge in [-0.25, -0.2) is 0 Å². The average molecular weight is 679 g/mol. The highest BCUT2D eigenvalue weighted by Crippen LogP contribution is 2.58. The highest BCUT2D eigenvalue weighted by atomic mass is 16.3. The number of rotatable bonds is 5. The molecular weight excluding hydrogens is 647 g/mol. The van der Waals surface area contributed by atoms with Gasteiger partial charge in [-0.15, -0.1) is 0 Å². The van der Waals surface area contributed by atoms with Crippen molar-refractivity contribution < 1.29 is 30.6 Å². The van der Waals surface area contributed by atoms with E-state index in [-0.39, 0.29) is 38.5 Å². The van der Waals surface area contributed by atoms with E-state index < -0.39 is 34.5 Å². The summed E-state index contributed by atoms with van der Waals surface area (Å²) >= 11 is 0. The fourth-order valence-corrected chi connectivity index (χ4v) is 7.42. The molecule has 0 aromatic heterocycles. The van der Waals surface area contributed by atoms with Crippen molar-refractivity contribution in [3.05, 3.63) is 145 Å². The van der Waals surface area contributed by atoms with Crippen LogP contribution in [-0.4, -0.2) is 38.5 Å². The Bertz CT molecular complexity index is 2830. The lowest BCUT2D eigenvalue weighted by molar-refractivity contribution is 0.351. The first-order valence-electron chi connectivity index (χ1n) is 16.6. The number of allylic oxidation sites excluding steroid dienone is 1. The van der Waals surface area contributed by atoms with Crippen LogP contribution >= 0.6 is 0 Å². The number of phenolic OH excluding ortho intramolecular Hbond substituents is 4. The second kappa shape index (κ2) is 12.2. The molecule has 52 heavy (non-hydrogen) atoms. The number of aliphatic hydroxyl groups excluding tert-OH is 2. The van der Waals surface area contributed by atoms with Crippen molar-refractivity contribution in [3.63, 3.8) is 0 Å². The molecule has 8 aromatic carbocycles. The van der Waals surface area contributed by atoms with Crippen LogP contribution in [0.25, 0.3) is 88.0 Å². The number of phenols is 4. The first-order valence-corrected chi connectivity index (χ1v) is 16.6. The molecule has 0 amide bonds. The molecule has 0 aliphatic carbocycles. The summed E-state index contributed by atoms with van der Waals surface area (Å²) in [6, 6.07) is 38.7. The minimum Gasteiger partial charge on any atom is -0.508 e. The van der Waals surface area contributed by atoms with Gasteiger partial charge in [-0.1, -0.05) is 121 Å². The fourth-order valence-electron chi connectivity index (χ4n) is 7.42. The van der Waals surface area contributed by atoms with Gasteiger partial charge in [-0.05, 0) is 73.6 Å². The molecule has 0 unspecified atom stereocenters. The monoisotopic (exact) mass is 678 g/mol. The molecule has 0 aliphatic rings. The zero-order chi connectivity index (χ0) is 36.4. The summed E-state index contributed by atoms with van der Waals surface area (Å²) in [6.45, 7) is 5.37. The molecule has 6 nitrogen and oxygen atoms in total. The topological polar surface area (TPSA) is 121 Å². The highest BCUT2D eigenvalue weighted by Gasteiger charge is 2.32. The van der Waals surface area contributed by atoms with Crippen LogP contribution in [0, 0.1) is 0 Å². The summed E-state index contributed by atoms with van der Waals surface area (Å²) in [5.74, 6) is -4.29. The van der Waals surface area contributed by atoms with Crippen molar-refractivity contribution in [1.29, 1.82) is 0 Å². The number of aliphatic hydroxyl groups is 2. The first-order chi connectivity index (χ1) is 25.1. The summed E-state index contributed by atoms with van der Waals surface area (Å²) in [6.07, 6.45) is 0. The summed E-state index contributed by atoms with van der Waals surface area (Å²) in [4.78, 5) is 0. The van der Waals surface area contributed by atoms with E-state index in [1.165, 1.54) is 6.92 Å². The molecule has 6 N–H and O–H groups in total. The molecule has 0 saturated carbocycles. The van der Waals surface area contributed by atoms with Gasteiger partial charge in [0, 0.05) is 33.0 Å². The Hall–Kier alpha value is -6.86. The van der Waals surface area contributed by atoms with Gasteiger partial charge in [0.2, 0.25) is 11.5 Å². The number of aromatic hydroxyl groups is 4. The lowest BCUT2D eigenvalue weighted by Gasteiger charge is -2.26. The summed E-state index contributed by atoms with van der Waals surface area (Å²) < 4.78 is 0. The van der Waals surface area contributed by atoms with Gasteiger partial charge >= 0.3 is 0 Å². The molecule has 0 atom stereocenters. The Kier molecular flexibility index (Phi) is 7.58. The van der Waals surface area contributed by atoms with Gasteiger partial charge < -0.3 is 30.6 Å². The summed E-state index contributed by atoms with van der Waals surface area (Å²) in [5.41, 5.74) is 3.06. The Morgan fingerprint density at radius 1 is 0.500 bits per heavy atom. The lowest BCUT2D eigenvalue weighted by Crippen LogP contribution is -2.04. The Morgan fingerprint density at radius 3 is 1.65 bits per heavy atom. The minimum absolute atomic E-state index is 0.000264. The third kappa shape index (κ3) is 4.89. The number of hydrogen-bond donors (Lipinski definition) is 6. The van der Waals surface area contributed by atoms with Gasteiger partial charge in [0.15, 0.2) is 11.5 Å². The molecule has 250 valence electrons. The standard InChI is InChI=1S/C45H31BO6/c1-23(46)41(48)38-35(24(2)47)36(27-18-15-26(16-19-27)29-20-17-25-9-3-4-10-28(25)21-29)39-40(43(50)45(52)44(51)42(39)49)37(38)34-22-30-11-5-6-12-31(30)32-13-7-8-14-33(32)34/h3-22,47-52H,2H2,1H3/b41-23-. The molecule has 8 aromatic rings. The van der Waals surface area contributed by atoms with E-state index in [0.717, 1.165) is 38.1 Å². The summed E-state index contributed by atoms with van der Waals surface area (Å²) in [5, 5.41) is 74.2. The third-order valence-electron chi connectivity index (χ3n) is 9.84. The van der Waals surface area contributed by atoms with E-state index in [9.17, 15) is 30.6 Å². The lowest BCUT2D eigenvalue weighted by atomic mass is 9.78. The maximum Gasteiger partial charge on any atom is 0.204 e. The van der Waals surface area contributed by atoms with Gasteiger partial charge in [-0.3, -0.25) is 0 Å². The van der Waals surface area contributed by atoms with E-state index in [4.69, 9.17) is 7.85 Å². The van der Waals surface area contributed by atoms with Gasteiger partial charge in [0.25, 0.3) is 0 Å². The SMILES string of the molecule is [B]/C(C)=C(\O)c1c(C(=C)O)c(-c2ccc(-c3ccc4ccccc4c3)cc2)c2c(O)c(O)c(O)c(O)c2c1-c1cc2ccccc2c2ccccc12. The van der Waals surface area contributed by atoms with Crippen molar-refractivity contribution in [3.8, 4) is 56.4 Å². The number of hydrogen-bond acceptors (Lipinski definition) is 6. The number of fused-ring (bicyclic) bond motifs is 5. The Balaban J connectivity index is 1.54. The van der Waals surface area contributed by atoms with Crippen molar-refractivity contribution in [2.24, 2.45) is 0 Å². The maximum absolute atomic E-state index is 11.9. The molecule has 0 spiro atoms. The van der Waals surface area contributed by atoms with Crippen LogP contribution in [0.3, 0.4) is 0 Å². The van der Waals surface area contributed by atoms with Crippen molar-refractivity contribution in [2.75, 3.05) is 0 Å². The second-order valence-electron chi connectivity index (χ2n) is 13.0. The molecule has 2 radical (unpaired) electrons. The predicted molar refractivity (Wildman–Crippen MR) is 212 cm³/mol. The molecule has 7 heteroatoms. The van der Waals surface area contributed by atoms with Crippen LogP contribution in [0.5, 0.6) is 23.0 Å². The predicted octanol–water partition coefficient (Wildman–Crippen LogP) is 11.1. The number of benzene rings is 8.